The van der Waals surface area contributed by atoms with Crippen LogP contribution in [-0.2, 0) is 9.59 Å². The molecule has 0 aromatic rings. The highest BCUT2D eigenvalue weighted by molar-refractivity contribution is 5.66. The van der Waals surface area contributed by atoms with E-state index < -0.39 is 11.9 Å². The lowest BCUT2D eigenvalue weighted by atomic mass is 10.0. The van der Waals surface area contributed by atoms with E-state index in [1.54, 1.807) is 0 Å². The lowest BCUT2D eigenvalue weighted by Gasteiger charge is -2.03. The Morgan fingerprint density at radius 2 is 0.409 bits per heavy atom. The molecule has 0 aromatic heterocycles. The standard InChI is InChI=1S/2C20H40O2/c2*1-2-3-4-5-6-7-8-9-10-11-12-13-14-15-16-17-18-19-20(21)22/h2*2-19H2,1H3,(H,21,22). The molecule has 2 N–H and O–H groups in total. The molecule has 0 aliphatic heterocycles. The quantitative estimate of drug-likeness (QED) is 0.0680. The number of hydrogen-bond acceptors (Lipinski definition) is 2. The van der Waals surface area contributed by atoms with E-state index in [0.717, 1.165) is 25.7 Å². The summed E-state index contributed by atoms with van der Waals surface area (Å²) in [6.07, 6.45) is 46.3. The van der Waals surface area contributed by atoms with Crippen molar-refractivity contribution in [3.05, 3.63) is 0 Å². The molecule has 0 heterocycles. The van der Waals surface area contributed by atoms with Gasteiger partial charge >= 0.3 is 11.9 Å². The predicted octanol–water partition coefficient (Wildman–Crippen LogP) is 14.2. The van der Waals surface area contributed by atoms with Gasteiger partial charge in [0, 0.05) is 12.8 Å². The SMILES string of the molecule is CCCCCCCCCCCCCCCCCCCC(=O)O.CCCCCCCCCCCCCCCCCCCC(=O)O. The van der Waals surface area contributed by atoms with Crippen LogP contribution in [0.4, 0.5) is 0 Å². The van der Waals surface area contributed by atoms with Crippen molar-refractivity contribution in [2.24, 2.45) is 0 Å². The van der Waals surface area contributed by atoms with Gasteiger partial charge in [-0.15, -0.1) is 0 Å². The maximum atomic E-state index is 10.4. The summed E-state index contributed by atoms with van der Waals surface area (Å²) in [6.45, 7) is 4.55. The molecule has 0 atom stereocenters. The van der Waals surface area contributed by atoms with Crippen LogP contribution in [0, 0.1) is 0 Å². The minimum absolute atomic E-state index is 0.346. The van der Waals surface area contributed by atoms with Crippen molar-refractivity contribution in [3.8, 4) is 0 Å². The van der Waals surface area contributed by atoms with Crippen LogP contribution in [0.15, 0.2) is 0 Å². The first kappa shape index (κ1) is 45.1. The zero-order valence-electron chi connectivity index (χ0n) is 30.2. The van der Waals surface area contributed by atoms with E-state index in [0.29, 0.717) is 12.8 Å². The molecule has 0 amide bonds. The first-order valence-corrected chi connectivity index (χ1v) is 20.0. The average molecular weight is 625 g/mol. The molecule has 0 aliphatic carbocycles. The lowest BCUT2D eigenvalue weighted by Crippen LogP contribution is -1.93. The van der Waals surface area contributed by atoms with Gasteiger partial charge < -0.3 is 10.2 Å². The summed E-state index contributed by atoms with van der Waals surface area (Å²) in [6, 6.07) is 0. The normalized spacial score (nSPS) is 11.0. The van der Waals surface area contributed by atoms with Crippen molar-refractivity contribution in [2.45, 2.75) is 245 Å². The second-order valence-electron chi connectivity index (χ2n) is 13.6. The van der Waals surface area contributed by atoms with Crippen molar-refractivity contribution >= 4 is 11.9 Å². The van der Waals surface area contributed by atoms with Gasteiger partial charge in [-0.1, -0.05) is 219 Å². The molecule has 0 spiro atoms. The van der Waals surface area contributed by atoms with Gasteiger partial charge in [-0.25, -0.2) is 0 Å². The van der Waals surface area contributed by atoms with Gasteiger partial charge in [-0.2, -0.15) is 0 Å². The molecule has 264 valence electrons. The molecule has 0 aliphatic rings. The molecule has 4 nitrogen and oxygen atoms in total. The van der Waals surface area contributed by atoms with E-state index in [9.17, 15) is 9.59 Å². The fourth-order valence-corrected chi connectivity index (χ4v) is 6.00. The third-order valence-electron chi connectivity index (χ3n) is 8.99. The maximum absolute atomic E-state index is 10.4. The summed E-state index contributed by atoms with van der Waals surface area (Å²) in [7, 11) is 0. The number of hydrogen-bond donors (Lipinski definition) is 2. The van der Waals surface area contributed by atoms with Gasteiger partial charge in [0.25, 0.3) is 0 Å². The van der Waals surface area contributed by atoms with Crippen LogP contribution < -0.4 is 0 Å². The molecule has 0 fully saturated rings. The molecule has 0 saturated heterocycles. The molecule has 44 heavy (non-hydrogen) atoms. The summed E-state index contributed by atoms with van der Waals surface area (Å²) in [5.41, 5.74) is 0. The van der Waals surface area contributed by atoms with Gasteiger partial charge in [0.05, 0.1) is 0 Å². The van der Waals surface area contributed by atoms with Crippen LogP contribution in [0.3, 0.4) is 0 Å². The van der Waals surface area contributed by atoms with Crippen LogP contribution in [0.2, 0.25) is 0 Å². The largest absolute Gasteiger partial charge is 0.481 e. The highest BCUT2D eigenvalue weighted by atomic mass is 16.4. The first-order valence-electron chi connectivity index (χ1n) is 20.0. The lowest BCUT2D eigenvalue weighted by molar-refractivity contribution is -0.138. The summed E-state index contributed by atoms with van der Waals surface area (Å²) in [5, 5.41) is 17.1. The number of carboxylic acid groups (broad SMARTS) is 2. The Morgan fingerprint density at radius 1 is 0.273 bits per heavy atom. The summed E-state index contributed by atoms with van der Waals surface area (Å²) < 4.78 is 0. The van der Waals surface area contributed by atoms with Crippen LogP contribution in [0.5, 0.6) is 0 Å². The smallest absolute Gasteiger partial charge is 0.303 e. The highest BCUT2D eigenvalue weighted by Gasteiger charge is 1.99. The molecule has 0 bridgehead atoms. The number of aliphatic carboxylic acids is 2. The summed E-state index contributed by atoms with van der Waals surface area (Å²) >= 11 is 0. The van der Waals surface area contributed by atoms with Crippen LogP contribution in [-0.4, -0.2) is 22.2 Å². The molecule has 0 rings (SSSR count). The van der Waals surface area contributed by atoms with E-state index >= 15 is 0 Å². The molecule has 0 unspecified atom stereocenters. The average Bonchev–Trinajstić information content (AvgIpc) is 3.00. The Bertz CT molecular complexity index is 499. The van der Waals surface area contributed by atoms with Gasteiger partial charge in [0.15, 0.2) is 0 Å². The number of carboxylic acids is 2. The zero-order valence-corrected chi connectivity index (χ0v) is 30.2. The van der Waals surface area contributed by atoms with Crippen molar-refractivity contribution in [2.75, 3.05) is 0 Å². The van der Waals surface area contributed by atoms with E-state index in [-0.39, 0.29) is 0 Å². The molecular weight excluding hydrogens is 544 g/mol. The second-order valence-corrected chi connectivity index (χ2v) is 13.6. The fraction of sp³-hybridized carbons (Fsp3) is 0.950. The second kappa shape index (κ2) is 41.9. The van der Waals surface area contributed by atoms with Gasteiger partial charge in [0.1, 0.15) is 0 Å². The summed E-state index contributed by atoms with van der Waals surface area (Å²) in [4.78, 5) is 20.7. The Hall–Kier alpha value is -1.06. The van der Waals surface area contributed by atoms with Crippen molar-refractivity contribution in [1.82, 2.24) is 0 Å². The number of unbranched alkanes of at least 4 members (excludes halogenated alkanes) is 32. The molecule has 0 radical (unpaired) electrons. The third kappa shape index (κ3) is 47.9. The van der Waals surface area contributed by atoms with Crippen molar-refractivity contribution < 1.29 is 19.8 Å². The third-order valence-corrected chi connectivity index (χ3v) is 8.99. The molecular formula is C40H80O4. The van der Waals surface area contributed by atoms with Gasteiger partial charge in [-0.05, 0) is 12.8 Å². The summed E-state index contributed by atoms with van der Waals surface area (Å²) in [5.74, 6) is -1.30. The predicted molar refractivity (Wildman–Crippen MR) is 193 cm³/mol. The first-order chi connectivity index (χ1) is 21.5. The van der Waals surface area contributed by atoms with Crippen molar-refractivity contribution in [3.63, 3.8) is 0 Å². The zero-order chi connectivity index (χ0) is 32.6. The minimum atomic E-state index is -0.652. The van der Waals surface area contributed by atoms with E-state index in [2.05, 4.69) is 13.8 Å². The van der Waals surface area contributed by atoms with E-state index in [1.165, 1.54) is 193 Å². The van der Waals surface area contributed by atoms with Crippen LogP contribution >= 0.6 is 0 Å². The Kier molecular flexibility index (Phi) is 43.0. The molecule has 4 heteroatoms. The van der Waals surface area contributed by atoms with Crippen molar-refractivity contribution in [1.29, 1.82) is 0 Å². The topological polar surface area (TPSA) is 74.6 Å². The number of rotatable bonds is 36. The minimum Gasteiger partial charge on any atom is -0.481 e. The van der Waals surface area contributed by atoms with E-state index in [4.69, 9.17) is 10.2 Å². The Balaban J connectivity index is 0. The van der Waals surface area contributed by atoms with Gasteiger partial charge in [0.2, 0.25) is 0 Å². The fourth-order valence-electron chi connectivity index (χ4n) is 6.00. The molecule has 0 saturated carbocycles. The Labute approximate surface area is 276 Å². The van der Waals surface area contributed by atoms with E-state index in [1.807, 2.05) is 0 Å². The monoisotopic (exact) mass is 625 g/mol. The van der Waals surface area contributed by atoms with Gasteiger partial charge in [-0.3, -0.25) is 9.59 Å². The highest BCUT2D eigenvalue weighted by Crippen LogP contribution is 2.16. The van der Waals surface area contributed by atoms with Crippen LogP contribution in [0.1, 0.15) is 245 Å². The maximum Gasteiger partial charge on any atom is 0.303 e. The molecule has 0 aromatic carbocycles. The Morgan fingerprint density at radius 3 is 0.545 bits per heavy atom. The number of carbonyl (C=O) groups is 2. The van der Waals surface area contributed by atoms with Crippen LogP contribution in [0.25, 0.3) is 0 Å².